The van der Waals surface area contributed by atoms with E-state index in [4.69, 9.17) is 0 Å². The third-order valence-corrected chi connectivity index (χ3v) is 4.66. The Hall–Kier alpha value is -1.65. The van der Waals surface area contributed by atoms with Gasteiger partial charge in [-0.3, -0.25) is 4.79 Å². The molecule has 0 spiro atoms. The monoisotopic (exact) mass is 274 g/mol. The Morgan fingerprint density at radius 3 is 2.75 bits per heavy atom. The van der Waals surface area contributed by atoms with E-state index in [-0.39, 0.29) is 5.91 Å². The second kappa shape index (κ2) is 5.38. The summed E-state index contributed by atoms with van der Waals surface area (Å²) in [4.78, 5) is 24.6. The Labute approximate surface area is 120 Å². The van der Waals surface area contributed by atoms with Crippen molar-refractivity contribution < 1.29 is 4.79 Å². The Morgan fingerprint density at radius 1 is 1.30 bits per heavy atom. The molecule has 0 saturated carbocycles. The molecule has 1 amide bonds. The molecule has 1 aromatic rings. The van der Waals surface area contributed by atoms with Crippen LogP contribution in [0.1, 0.15) is 37.4 Å². The second-order valence-corrected chi connectivity index (χ2v) is 5.82. The van der Waals surface area contributed by atoms with Crippen LogP contribution in [0.25, 0.3) is 0 Å². The third-order valence-electron chi connectivity index (χ3n) is 4.66. The number of hydrogen-bond acceptors (Lipinski definition) is 4. The quantitative estimate of drug-likeness (QED) is 0.818. The van der Waals surface area contributed by atoms with E-state index in [2.05, 4.69) is 14.9 Å². The summed E-state index contributed by atoms with van der Waals surface area (Å²) in [6, 6.07) is 0.374. The Balaban J connectivity index is 1.70. The number of aryl methyl sites for hydroxylation is 1. The molecule has 0 atom stereocenters. The Morgan fingerprint density at radius 2 is 2.05 bits per heavy atom. The first-order valence-corrected chi connectivity index (χ1v) is 7.48. The van der Waals surface area contributed by atoms with Crippen molar-refractivity contribution in [3.8, 4) is 0 Å². The number of rotatable bonds is 2. The van der Waals surface area contributed by atoms with Crippen LogP contribution >= 0.6 is 0 Å². The van der Waals surface area contributed by atoms with E-state index >= 15 is 0 Å². The highest BCUT2D eigenvalue weighted by molar-refractivity contribution is 5.73. The molecule has 3 rings (SSSR count). The highest BCUT2D eigenvalue weighted by Gasteiger charge is 2.27. The molecule has 1 saturated heterocycles. The van der Waals surface area contributed by atoms with Gasteiger partial charge in [0.25, 0.3) is 0 Å². The van der Waals surface area contributed by atoms with E-state index in [0.717, 1.165) is 44.6 Å². The molecule has 108 valence electrons. The minimum absolute atomic E-state index is 0.159. The second-order valence-electron chi connectivity index (χ2n) is 5.82. The number of amides is 1. The number of carbonyl (C=O) groups is 1. The van der Waals surface area contributed by atoms with Gasteiger partial charge in [0.15, 0.2) is 0 Å². The van der Waals surface area contributed by atoms with Crippen molar-refractivity contribution in [2.75, 3.05) is 25.0 Å². The summed E-state index contributed by atoms with van der Waals surface area (Å²) in [5.41, 5.74) is 2.59. The molecule has 1 aliphatic heterocycles. The summed E-state index contributed by atoms with van der Waals surface area (Å²) < 4.78 is 0. The highest BCUT2D eigenvalue weighted by Crippen LogP contribution is 2.30. The zero-order valence-corrected chi connectivity index (χ0v) is 12.3. The minimum Gasteiger partial charge on any atom is -0.356 e. The van der Waals surface area contributed by atoms with Crippen LogP contribution in [0.5, 0.6) is 0 Å². The van der Waals surface area contributed by atoms with E-state index in [0.29, 0.717) is 6.04 Å². The fraction of sp³-hybridized carbons (Fsp3) is 0.667. The smallest absolute Gasteiger partial charge is 0.219 e. The average Bonchev–Trinajstić information content (AvgIpc) is 2.95. The normalized spacial score (nSPS) is 19.0. The van der Waals surface area contributed by atoms with Crippen molar-refractivity contribution in [1.82, 2.24) is 14.9 Å². The van der Waals surface area contributed by atoms with Crippen molar-refractivity contribution in [2.45, 2.75) is 45.1 Å². The lowest BCUT2D eigenvalue weighted by molar-refractivity contribution is -0.129. The molecule has 0 bridgehead atoms. The molecule has 0 radical (unpaired) electrons. The molecule has 20 heavy (non-hydrogen) atoms. The molecule has 0 N–H and O–H groups in total. The molecule has 2 heterocycles. The standard InChI is InChI=1S/C15H22N4O/c1-11(20)18(2)12-6-8-19(9-7-12)15-13-4-3-5-14(13)16-10-17-15/h10,12H,3-9H2,1-2H3. The molecular weight excluding hydrogens is 252 g/mol. The maximum absolute atomic E-state index is 11.4. The molecular formula is C15H22N4O. The van der Waals surface area contributed by atoms with Gasteiger partial charge in [0.2, 0.25) is 5.91 Å². The lowest BCUT2D eigenvalue weighted by Crippen LogP contribution is -2.45. The van der Waals surface area contributed by atoms with Crippen molar-refractivity contribution in [3.63, 3.8) is 0 Å². The number of hydrogen-bond donors (Lipinski definition) is 0. The van der Waals surface area contributed by atoms with Gasteiger partial charge in [0.05, 0.1) is 0 Å². The summed E-state index contributed by atoms with van der Waals surface area (Å²) >= 11 is 0. The van der Waals surface area contributed by atoms with E-state index < -0.39 is 0 Å². The van der Waals surface area contributed by atoms with Gasteiger partial charge in [-0.25, -0.2) is 9.97 Å². The lowest BCUT2D eigenvalue weighted by Gasteiger charge is -2.37. The van der Waals surface area contributed by atoms with Crippen molar-refractivity contribution in [3.05, 3.63) is 17.6 Å². The van der Waals surface area contributed by atoms with E-state index in [1.54, 1.807) is 13.3 Å². The van der Waals surface area contributed by atoms with Crippen LogP contribution in [0.15, 0.2) is 6.33 Å². The topological polar surface area (TPSA) is 49.3 Å². The van der Waals surface area contributed by atoms with Gasteiger partial charge in [-0.05, 0) is 32.1 Å². The van der Waals surface area contributed by atoms with Crippen molar-refractivity contribution in [2.24, 2.45) is 0 Å². The van der Waals surface area contributed by atoms with Gasteiger partial charge >= 0.3 is 0 Å². The number of carbonyl (C=O) groups excluding carboxylic acids is 1. The first-order chi connectivity index (χ1) is 9.66. The largest absolute Gasteiger partial charge is 0.356 e. The lowest BCUT2D eigenvalue weighted by atomic mass is 10.0. The fourth-order valence-corrected chi connectivity index (χ4v) is 3.34. The third kappa shape index (κ3) is 2.37. The summed E-state index contributed by atoms with van der Waals surface area (Å²) in [6.45, 7) is 3.60. The summed E-state index contributed by atoms with van der Waals surface area (Å²) in [6.07, 6.45) is 7.15. The number of aromatic nitrogens is 2. The predicted octanol–water partition coefficient (Wildman–Crippen LogP) is 1.41. The summed E-state index contributed by atoms with van der Waals surface area (Å²) in [5, 5.41) is 0. The van der Waals surface area contributed by atoms with Crippen LogP contribution in [-0.4, -0.2) is 47.0 Å². The van der Waals surface area contributed by atoms with Gasteiger partial charge in [-0.2, -0.15) is 0 Å². The van der Waals surface area contributed by atoms with Gasteiger partial charge in [-0.15, -0.1) is 0 Å². The number of piperidine rings is 1. The maximum atomic E-state index is 11.4. The van der Waals surface area contributed by atoms with Crippen LogP contribution in [0.3, 0.4) is 0 Å². The van der Waals surface area contributed by atoms with Gasteiger partial charge in [0.1, 0.15) is 12.1 Å². The Bertz CT molecular complexity index is 509. The number of nitrogens with zero attached hydrogens (tertiary/aromatic N) is 4. The first kappa shape index (κ1) is 13.3. The van der Waals surface area contributed by atoms with Crippen LogP contribution in [0.2, 0.25) is 0 Å². The van der Waals surface area contributed by atoms with E-state index in [1.807, 2.05) is 11.9 Å². The maximum Gasteiger partial charge on any atom is 0.219 e. The van der Waals surface area contributed by atoms with E-state index in [1.165, 1.54) is 17.7 Å². The predicted molar refractivity (Wildman–Crippen MR) is 77.7 cm³/mol. The molecule has 1 fully saturated rings. The molecule has 2 aliphatic rings. The summed E-state index contributed by atoms with van der Waals surface area (Å²) in [7, 11) is 1.91. The minimum atomic E-state index is 0.159. The van der Waals surface area contributed by atoms with Crippen molar-refractivity contribution in [1.29, 1.82) is 0 Å². The highest BCUT2D eigenvalue weighted by atomic mass is 16.2. The molecule has 5 heteroatoms. The van der Waals surface area contributed by atoms with Crippen LogP contribution < -0.4 is 4.90 Å². The zero-order chi connectivity index (χ0) is 14.1. The molecule has 0 aromatic carbocycles. The van der Waals surface area contributed by atoms with Crippen molar-refractivity contribution >= 4 is 11.7 Å². The van der Waals surface area contributed by atoms with Crippen LogP contribution in [-0.2, 0) is 17.6 Å². The molecule has 1 aliphatic carbocycles. The Kier molecular flexibility index (Phi) is 3.59. The molecule has 0 unspecified atom stereocenters. The van der Waals surface area contributed by atoms with Crippen LogP contribution in [0, 0.1) is 0 Å². The first-order valence-electron chi connectivity index (χ1n) is 7.48. The van der Waals surface area contributed by atoms with Gasteiger partial charge in [-0.1, -0.05) is 0 Å². The van der Waals surface area contributed by atoms with Gasteiger partial charge in [0, 0.05) is 44.4 Å². The molecule has 1 aromatic heterocycles. The SMILES string of the molecule is CC(=O)N(C)C1CCN(c2ncnc3c2CCC3)CC1. The summed E-state index contributed by atoms with van der Waals surface area (Å²) in [5.74, 6) is 1.29. The number of fused-ring (bicyclic) bond motifs is 1. The average molecular weight is 274 g/mol. The van der Waals surface area contributed by atoms with E-state index in [9.17, 15) is 4.79 Å². The molecule has 5 nitrogen and oxygen atoms in total. The van der Waals surface area contributed by atoms with Crippen LogP contribution in [0.4, 0.5) is 5.82 Å². The van der Waals surface area contributed by atoms with Gasteiger partial charge < -0.3 is 9.80 Å². The number of anilines is 1. The zero-order valence-electron chi connectivity index (χ0n) is 12.3. The fourth-order valence-electron chi connectivity index (χ4n) is 3.34.